The quantitative estimate of drug-likeness (QED) is 0.429. The summed E-state index contributed by atoms with van der Waals surface area (Å²) in [4.78, 5) is 11.4. The second kappa shape index (κ2) is 5.35. The van der Waals surface area contributed by atoms with Crippen LogP contribution in [0.1, 0.15) is 50.4 Å². The summed E-state index contributed by atoms with van der Waals surface area (Å²) in [5, 5.41) is 2.38. The lowest BCUT2D eigenvalue weighted by atomic mass is 9.76. The van der Waals surface area contributed by atoms with E-state index in [4.69, 9.17) is 4.74 Å². The van der Waals surface area contributed by atoms with Gasteiger partial charge in [-0.2, -0.15) is 0 Å². The van der Waals surface area contributed by atoms with Gasteiger partial charge in [0.15, 0.2) is 0 Å². The zero-order valence-electron chi connectivity index (χ0n) is 13.9. The number of benzene rings is 2. The Morgan fingerprint density at radius 1 is 1.14 bits per heavy atom. The molecule has 0 spiro atoms. The van der Waals surface area contributed by atoms with E-state index in [1.54, 1.807) is 0 Å². The summed E-state index contributed by atoms with van der Waals surface area (Å²) >= 11 is 0. The molecule has 0 aliphatic heterocycles. The fourth-order valence-electron chi connectivity index (χ4n) is 3.85. The van der Waals surface area contributed by atoms with Crippen LogP contribution in [0.4, 0.5) is 0 Å². The minimum atomic E-state index is -0.264. The van der Waals surface area contributed by atoms with E-state index < -0.39 is 0 Å². The lowest BCUT2D eigenvalue weighted by Gasteiger charge is -2.33. The Hall–Kier alpha value is -1.40. The van der Waals surface area contributed by atoms with Crippen LogP contribution in [0, 0.1) is 5.41 Å². The summed E-state index contributed by atoms with van der Waals surface area (Å²) < 4.78 is 5.42. The fourth-order valence-corrected chi connectivity index (χ4v) is 5.41. The fraction of sp³-hybridized carbons (Fsp3) is 0.421. The highest BCUT2D eigenvalue weighted by atomic mass is 31.1. The Morgan fingerprint density at radius 3 is 2.45 bits per heavy atom. The first-order valence-corrected chi connectivity index (χ1v) is 9.33. The van der Waals surface area contributed by atoms with Gasteiger partial charge in [-0.15, -0.1) is 8.58 Å². The van der Waals surface area contributed by atoms with Gasteiger partial charge in [0.1, 0.15) is 5.75 Å². The third-order valence-corrected chi connectivity index (χ3v) is 5.83. The van der Waals surface area contributed by atoms with E-state index in [1.165, 1.54) is 23.4 Å². The standard InChI is InChI=1S/C19H23O2P/c1-11(20)21-15-10-9-14-16-12(15)7-6-8-13(16)17(18(14)22-5)19(2,3)4/h6-10,17-18,22H,1-5H3. The largest absolute Gasteiger partial charge is 0.426 e. The maximum Gasteiger partial charge on any atom is 0.308 e. The molecule has 0 radical (unpaired) electrons. The van der Waals surface area contributed by atoms with E-state index in [1.807, 2.05) is 6.07 Å². The summed E-state index contributed by atoms with van der Waals surface area (Å²) in [5.41, 5.74) is 3.60. The van der Waals surface area contributed by atoms with Crippen LogP contribution >= 0.6 is 8.58 Å². The van der Waals surface area contributed by atoms with Crippen molar-refractivity contribution in [3.8, 4) is 5.75 Å². The highest BCUT2D eigenvalue weighted by molar-refractivity contribution is 7.37. The number of hydrogen-bond donors (Lipinski definition) is 0. The van der Waals surface area contributed by atoms with E-state index in [9.17, 15) is 4.79 Å². The van der Waals surface area contributed by atoms with E-state index >= 15 is 0 Å². The Kier molecular flexibility index (Phi) is 3.77. The lowest BCUT2D eigenvalue weighted by molar-refractivity contribution is -0.131. The number of carbonyl (C=O) groups excluding carboxylic acids is 1. The molecule has 0 heterocycles. The van der Waals surface area contributed by atoms with Crippen LogP contribution in [0.2, 0.25) is 0 Å². The van der Waals surface area contributed by atoms with Crippen LogP contribution in [-0.4, -0.2) is 12.6 Å². The predicted molar refractivity (Wildman–Crippen MR) is 94.4 cm³/mol. The maximum absolute atomic E-state index is 11.4. The van der Waals surface area contributed by atoms with Crippen LogP contribution in [0.3, 0.4) is 0 Å². The molecule has 0 fully saturated rings. The molecular formula is C19H23O2P. The second-order valence-electron chi connectivity index (χ2n) is 7.13. The van der Waals surface area contributed by atoms with E-state index in [-0.39, 0.29) is 11.4 Å². The van der Waals surface area contributed by atoms with Crippen molar-refractivity contribution < 1.29 is 9.53 Å². The van der Waals surface area contributed by atoms with E-state index in [0.717, 1.165) is 14.0 Å². The zero-order chi connectivity index (χ0) is 16.1. The molecule has 0 amide bonds. The smallest absolute Gasteiger partial charge is 0.308 e. The summed E-state index contributed by atoms with van der Waals surface area (Å²) in [6.45, 7) is 10.7. The molecule has 1 aliphatic rings. The summed E-state index contributed by atoms with van der Waals surface area (Å²) in [6, 6.07) is 10.5. The minimum absolute atomic E-state index is 0.211. The highest BCUT2D eigenvalue weighted by Crippen LogP contribution is 2.60. The molecule has 2 aromatic rings. The normalized spacial score (nSPS) is 21.0. The van der Waals surface area contributed by atoms with Gasteiger partial charge in [-0.05, 0) is 40.6 Å². The topological polar surface area (TPSA) is 26.3 Å². The van der Waals surface area contributed by atoms with Crippen molar-refractivity contribution in [3.05, 3.63) is 41.5 Å². The van der Waals surface area contributed by atoms with Gasteiger partial charge in [0.05, 0.1) is 0 Å². The molecule has 0 aromatic heterocycles. The van der Waals surface area contributed by atoms with Crippen LogP contribution < -0.4 is 4.74 Å². The summed E-state index contributed by atoms with van der Waals surface area (Å²) in [5.74, 6) is 0.933. The van der Waals surface area contributed by atoms with Crippen LogP contribution in [0.25, 0.3) is 10.8 Å². The molecule has 0 N–H and O–H groups in total. The first-order valence-electron chi connectivity index (χ1n) is 7.76. The van der Waals surface area contributed by atoms with Crippen molar-refractivity contribution in [3.63, 3.8) is 0 Å². The molecule has 0 saturated heterocycles. The van der Waals surface area contributed by atoms with Gasteiger partial charge in [-0.1, -0.05) is 45.0 Å². The number of hydrogen-bond acceptors (Lipinski definition) is 2. The van der Waals surface area contributed by atoms with Crippen molar-refractivity contribution in [1.82, 2.24) is 0 Å². The van der Waals surface area contributed by atoms with Crippen LogP contribution in [-0.2, 0) is 4.79 Å². The lowest BCUT2D eigenvalue weighted by Crippen LogP contribution is -2.19. The minimum Gasteiger partial charge on any atom is -0.426 e. The van der Waals surface area contributed by atoms with Crippen molar-refractivity contribution in [2.24, 2.45) is 5.41 Å². The number of ether oxygens (including phenoxy) is 1. The van der Waals surface area contributed by atoms with Crippen molar-refractivity contribution in [2.45, 2.75) is 39.3 Å². The van der Waals surface area contributed by atoms with Gasteiger partial charge >= 0.3 is 5.97 Å². The molecule has 3 atom stereocenters. The SMILES string of the molecule is CPC1c2ccc(OC(C)=O)c3cccc(c23)C1C(C)(C)C. The molecule has 116 valence electrons. The Labute approximate surface area is 134 Å². The summed E-state index contributed by atoms with van der Waals surface area (Å²) in [6.07, 6.45) is 0. The molecule has 22 heavy (non-hydrogen) atoms. The molecule has 3 rings (SSSR count). The average Bonchev–Trinajstić information content (AvgIpc) is 2.76. The van der Waals surface area contributed by atoms with Crippen molar-refractivity contribution >= 4 is 25.3 Å². The molecule has 2 aromatic carbocycles. The van der Waals surface area contributed by atoms with E-state index in [2.05, 4.69) is 51.7 Å². The molecule has 1 aliphatic carbocycles. The Balaban J connectivity index is 2.28. The first-order chi connectivity index (χ1) is 10.3. The Morgan fingerprint density at radius 2 is 1.86 bits per heavy atom. The van der Waals surface area contributed by atoms with Gasteiger partial charge in [0.2, 0.25) is 0 Å². The second-order valence-corrected chi connectivity index (χ2v) is 8.33. The van der Waals surface area contributed by atoms with Gasteiger partial charge in [0, 0.05) is 18.0 Å². The maximum atomic E-state index is 11.4. The number of esters is 1. The first kappa shape index (κ1) is 15.5. The van der Waals surface area contributed by atoms with Gasteiger partial charge in [-0.3, -0.25) is 4.79 Å². The Bertz CT molecular complexity index is 743. The monoisotopic (exact) mass is 314 g/mol. The van der Waals surface area contributed by atoms with Gasteiger partial charge < -0.3 is 4.74 Å². The van der Waals surface area contributed by atoms with Gasteiger partial charge in [-0.25, -0.2) is 0 Å². The zero-order valence-corrected chi connectivity index (χ0v) is 14.9. The molecular weight excluding hydrogens is 291 g/mol. The summed E-state index contributed by atoms with van der Waals surface area (Å²) in [7, 11) is 0.862. The molecule has 0 bridgehead atoms. The van der Waals surface area contributed by atoms with Crippen LogP contribution in [0.15, 0.2) is 30.3 Å². The van der Waals surface area contributed by atoms with Gasteiger partial charge in [0.25, 0.3) is 0 Å². The molecule has 0 saturated carbocycles. The molecule has 3 unspecified atom stereocenters. The average molecular weight is 314 g/mol. The van der Waals surface area contributed by atoms with Crippen LogP contribution in [0.5, 0.6) is 5.75 Å². The molecule has 3 heteroatoms. The highest BCUT2D eigenvalue weighted by Gasteiger charge is 2.40. The number of carbonyl (C=O) groups is 1. The third-order valence-electron chi connectivity index (χ3n) is 4.57. The third kappa shape index (κ3) is 2.34. The van der Waals surface area contributed by atoms with Crippen molar-refractivity contribution in [2.75, 3.05) is 6.66 Å². The van der Waals surface area contributed by atoms with Crippen molar-refractivity contribution in [1.29, 1.82) is 0 Å². The molecule has 2 nitrogen and oxygen atoms in total. The van der Waals surface area contributed by atoms with E-state index in [0.29, 0.717) is 17.3 Å². The predicted octanol–water partition coefficient (Wildman–Crippen LogP) is 5.26. The number of rotatable bonds is 2.